The van der Waals surface area contributed by atoms with Gasteiger partial charge in [-0.1, -0.05) is 40.5 Å². The van der Waals surface area contributed by atoms with E-state index < -0.39 is 0 Å². The van der Waals surface area contributed by atoms with Crippen molar-refractivity contribution in [1.82, 2.24) is 4.90 Å². The molecular formula is C14H19BrClN3. The number of nitrogens with zero attached hydrogens (tertiary/aromatic N) is 2. The normalized spacial score (nSPS) is 24.5. The minimum absolute atomic E-state index is 0.267. The highest BCUT2D eigenvalue weighted by Crippen LogP contribution is 2.39. The molecule has 1 aliphatic rings. The average Bonchev–Trinajstić information content (AvgIpc) is 2.65. The van der Waals surface area contributed by atoms with E-state index in [1.54, 1.807) is 0 Å². The number of benzene rings is 1. The summed E-state index contributed by atoms with van der Waals surface area (Å²) < 4.78 is 0.979. The fraction of sp³-hybridized carbons (Fsp3) is 0.500. The summed E-state index contributed by atoms with van der Waals surface area (Å²) in [6.07, 6.45) is 1.01. The summed E-state index contributed by atoms with van der Waals surface area (Å²) in [6, 6.07) is 6.31. The van der Waals surface area contributed by atoms with Gasteiger partial charge in [0.15, 0.2) is 5.96 Å². The summed E-state index contributed by atoms with van der Waals surface area (Å²) in [5, 5.41) is 0.745. The molecule has 1 aromatic carbocycles. The van der Waals surface area contributed by atoms with Crippen molar-refractivity contribution in [3.8, 4) is 0 Å². The molecule has 1 aromatic rings. The van der Waals surface area contributed by atoms with Gasteiger partial charge in [-0.3, -0.25) is 4.99 Å². The predicted molar refractivity (Wildman–Crippen MR) is 84.6 cm³/mol. The number of hydrogen-bond acceptors (Lipinski definition) is 3. The van der Waals surface area contributed by atoms with Gasteiger partial charge in [-0.05, 0) is 38.0 Å². The van der Waals surface area contributed by atoms with Crippen LogP contribution in [0, 0.1) is 0 Å². The molecule has 104 valence electrons. The number of halogens is 2. The van der Waals surface area contributed by atoms with Gasteiger partial charge < -0.3 is 10.6 Å². The molecule has 0 radical (unpaired) electrons. The number of nitrogens with two attached hydrogens (primary N) is 1. The largest absolute Gasteiger partial charge is 0.370 e. The van der Waals surface area contributed by atoms with Crippen molar-refractivity contribution in [3.63, 3.8) is 0 Å². The fourth-order valence-corrected chi connectivity index (χ4v) is 3.55. The summed E-state index contributed by atoms with van der Waals surface area (Å²) in [7, 11) is 0. The van der Waals surface area contributed by atoms with Crippen molar-refractivity contribution in [3.05, 3.63) is 33.3 Å². The lowest BCUT2D eigenvalue weighted by Gasteiger charge is -2.41. The van der Waals surface area contributed by atoms with Crippen LogP contribution in [-0.2, 0) is 5.54 Å². The molecule has 5 heteroatoms. The van der Waals surface area contributed by atoms with E-state index >= 15 is 0 Å². The molecule has 19 heavy (non-hydrogen) atoms. The molecule has 0 saturated carbocycles. The number of rotatable bonds is 3. The van der Waals surface area contributed by atoms with Gasteiger partial charge in [0.2, 0.25) is 0 Å². The Morgan fingerprint density at radius 3 is 2.84 bits per heavy atom. The average molecular weight is 345 g/mol. The highest BCUT2D eigenvalue weighted by molar-refractivity contribution is 9.10. The summed E-state index contributed by atoms with van der Waals surface area (Å²) in [5.74, 6) is 0.607. The molecule has 2 atom stereocenters. The molecule has 2 N–H and O–H groups in total. The summed E-state index contributed by atoms with van der Waals surface area (Å²) in [4.78, 5) is 6.61. The Labute approximate surface area is 128 Å². The molecule has 0 spiro atoms. The molecule has 1 aliphatic heterocycles. The minimum atomic E-state index is -0.267. The van der Waals surface area contributed by atoms with E-state index in [4.69, 9.17) is 17.3 Å². The topological polar surface area (TPSA) is 41.6 Å². The Hall–Kier alpha value is -0.740. The van der Waals surface area contributed by atoms with Gasteiger partial charge in [0.05, 0.1) is 12.1 Å². The second-order valence-corrected chi connectivity index (χ2v) is 6.52. The van der Waals surface area contributed by atoms with Crippen LogP contribution in [0.3, 0.4) is 0 Å². The fourth-order valence-electron chi connectivity index (χ4n) is 2.68. The lowest BCUT2D eigenvalue weighted by molar-refractivity contribution is 0.171. The van der Waals surface area contributed by atoms with Gasteiger partial charge in [-0.15, -0.1) is 0 Å². The maximum atomic E-state index is 6.41. The first-order chi connectivity index (χ1) is 8.90. The Balaban J connectivity index is 2.47. The lowest BCUT2D eigenvalue weighted by atomic mass is 9.89. The quantitative estimate of drug-likeness (QED) is 0.907. The zero-order valence-corrected chi connectivity index (χ0v) is 13.8. The SMILES string of the molecule is CCC(C)N1C(N)=NCC1(C)c1ccc(Br)cc1Cl. The molecule has 2 rings (SSSR count). The van der Waals surface area contributed by atoms with Crippen LogP contribution in [0.2, 0.25) is 5.02 Å². The number of aliphatic imine (C=N–C) groups is 1. The first-order valence-corrected chi connectivity index (χ1v) is 7.62. The van der Waals surface area contributed by atoms with Gasteiger partial charge in [-0.2, -0.15) is 0 Å². The first-order valence-electron chi connectivity index (χ1n) is 6.45. The van der Waals surface area contributed by atoms with Crippen molar-refractivity contribution < 1.29 is 0 Å². The zero-order valence-electron chi connectivity index (χ0n) is 11.5. The first kappa shape index (κ1) is 14.7. The van der Waals surface area contributed by atoms with Crippen LogP contribution in [0.15, 0.2) is 27.7 Å². The van der Waals surface area contributed by atoms with Gasteiger partial charge in [0, 0.05) is 15.5 Å². The third kappa shape index (κ3) is 2.48. The second-order valence-electron chi connectivity index (χ2n) is 5.20. The highest BCUT2D eigenvalue weighted by atomic mass is 79.9. The Morgan fingerprint density at radius 1 is 1.58 bits per heavy atom. The molecule has 0 saturated heterocycles. The van der Waals surface area contributed by atoms with Crippen molar-refractivity contribution in [2.45, 2.75) is 38.8 Å². The molecule has 3 nitrogen and oxygen atoms in total. The second kappa shape index (κ2) is 5.33. The molecule has 0 aliphatic carbocycles. The van der Waals surface area contributed by atoms with E-state index in [9.17, 15) is 0 Å². The van der Waals surface area contributed by atoms with E-state index in [1.807, 2.05) is 12.1 Å². The maximum absolute atomic E-state index is 6.41. The standard InChI is InChI=1S/C14H19BrClN3/c1-4-9(2)19-13(17)18-8-14(19,3)11-6-5-10(15)7-12(11)16/h5-7,9H,4,8H2,1-3H3,(H2,17,18). The van der Waals surface area contributed by atoms with Gasteiger partial charge in [0.1, 0.15) is 0 Å². The van der Waals surface area contributed by atoms with Crippen molar-refractivity contribution in [1.29, 1.82) is 0 Å². The zero-order chi connectivity index (χ0) is 14.2. The molecular weight excluding hydrogens is 326 g/mol. The van der Waals surface area contributed by atoms with Crippen LogP contribution < -0.4 is 5.73 Å². The lowest BCUT2D eigenvalue weighted by Crippen LogP contribution is -2.51. The van der Waals surface area contributed by atoms with Gasteiger partial charge in [0.25, 0.3) is 0 Å². The van der Waals surface area contributed by atoms with E-state index in [2.05, 4.69) is 52.7 Å². The summed E-state index contributed by atoms with van der Waals surface area (Å²) in [6.45, 7) is 7.11. The molecule has 2 unspecified atom stereocenters. The molecule has 0 bridgehead atoms. The van der Waals surface area contributed by atoms with E-state index in [0.717, 1.165) is 21.5 Å². The van der Waals surface area contributed by atoms with Crippen LogP contribution in [0.4, 0.5) is 0 Å². The van der Waals surface area contributed by atoms with Crippen molar-refractivity contribution >= 4 is 33.5 Å². The molecule has 0 aromatic heterocycles. The van der Waals surface area contributed by atoms with Crippen molar-refractivity contribution in [2.24, 2.45) is 10.7 Å². The monoisotopic (exact) mass is 343 g/mol. The molecule has 0 amide bonds. The Bertz CT molecular complexity index is 517. The minimum Gasteiger partial charge on any atom is -0.370 e. The summed E-state index contributed by atoms with van der Waals surface area (Å²) >= 11 is 9.85. The van der Waals surface area contributed by atoms with Gasteiger partial charge >= 0.3 is 0 Å². The van der Waals surface area contributed by atoms with E-state index in [0.29, 0.717) is 18.5 Å². The molecule has 0 fully saturated rings. The van der Waals surface area contributed by atoms with Gasteiger partial charge in [-0.25, -0.2) is 0 Å². The van der Waals surface area contributed by atoms with Crippen molar-refractivity contribution in [2.75, 3.05) is 6.54 Å². The van der Waals surface area contributed by atoms with Crippen LogP contribution in [-0.4, -0.2) is 23.4 Å². The maximum Gasteiger partial charge on any atom is 0.192 e. The number of guanidine groups is 1. The van der Waals surface area contributed by atoms with Crippen LogP contribution in [0.1, 0.15) is 32.8 Å². The Kier molecular flexibility index (Phi) is 4.11. The summed E-state index contributed by atoms with van der Waals surface area (Å²) in [5.41, 5.74) is 6.88. The highest BCUT2D eigenvalue weighted by Gasteiger charge is 2.42. The van der Waals surface area contributed by atoms with Crippen LogP contribution >= 0.6 is 27.5 Å². The smallest absolute Gasteiger partial charge is 0.192 e. The third-order valence-corrected chi connectivity index (χ3v) is 4.68. The van der Waals surface area contributed by atoms with E-state index in [1.165, 1.54) is 0 Å². The third-order valence-electron chi connectivity index (χ3n) is 3.87. The van der Waals surface area contributed by atoms with Crippen LogP contribution in [0.5, 0.6) is 0 Å². The van der Waals surface area contributed by atoms with Crippen LogP contribution in [0.25, 0.3) is 0 Å². The molecule has 1 heterocycles. The van der Waals surface area contributed by atoms with E-state index in [-0.39, 0.29) is 5.54 Å². The Morgan fingerprint density at radius 2 is 2.26 bits per heavy atom. The predicted octanol–water partition coefficient (Wildman–Crippen LogP) is 3.75. The number of hydrogen-bond donors (Lipinski definition) is 1.